The van der Waals surface area contributed by atoms with Gasteiger partial charge >= 0.3 is 11.9 Å². The zero-order valence-corrected chi connectivity index (χ0v) is 17.1. The first-order chi connectivity index (χ1) is 13.4. The van der Waals surface area contributed by atoms with Crippen LogP contribution in [0.5, 0.6) is 0 Å². The second-order valence-corrected chi connectivity index (χ2v) is 9.39. The summed E-state index contributed by atoms with van der Waals surface area (Å²) in [5.74, 6) is -0.635. The fourth-order valence-electron chi connectivity index (χ4n) is 6.64. The van der Waals surface area contributed by atoms with E-state index in [-0.39, 0.29) is 36.0 Å². The quantitative estimate of drug-likeness (QED) is 0.677. The third kappa shape index (κ3) is 2.60. The maximum Gasteiger partial charge on any atom is 0.336 e. The van der Waals surface area contributed by atoms with Crippen LogP contribution in [0.3, 0.4) is 0 Å². The number of carbonyl (C=O) groups excluding carboxylic acids is 2. The van der Waals surface area contributed by atoms with Gasteiger partial charge in [0.2, 0.25) is 5.79 Å². The first-order valence-electron chi connectivity index (χ1n) is 11.0. The number of hydrogen-bond donors (Lipinski definition) is 0. The standard InChI is InChI=1S/C22H31NO5/c1-4-14-19-16-8-7-15(18-10-12(2)20(24)26-18)23(16)9-5-6-17(19)27-22(14)11-13(3)21(25)28-22/h11-12,14-19H,4-10H2,1-3H3/t12-,14?,15-,16?,17+,18?,19+,22?/m0/s1. The fourth-order valence-corrected chi connectivity index (χ4v) is 6.64. The van der Waals surface area contributed by atoms with E-state index in [2.05, 4.69) is 11.8 Å². The highest BCUT2D eigenvalue weighted by atomic mass is 16.7. The lowest BCUT2D eigenvalue weighted by molar-refractivity contribution is -0.204. The van der Waals surface area contributed by atoms with Gasteiger partial charge in [-0.3, -0.25) is 9.69 Å². The molecule has 0 bridgehead atoms. The molecule has 0 aromatic carbocycles. The van der Waals surface area contributed by atoms with Gasteiger partial charge in [-0.1, -0.05) is 13.8 Å². The Bertz CT molecular complexity index is 720. The number of hydrogen-bond acceptors (Lipinski definition) is 6. The zero-order valence-electron chi connectivity index (χ0n) is 17.1. The average Bonchev–Trinajstić information content (AvgIpc) is 3.33. The number of cyclic esters (lactones) is 1. The second kappa shape index (κ2) is 6.56. The van der Waals surface area contributed by atoms with Crippen molar-refractivity contribution >= 4 is 11.9 Å². The van der Waals surface area contributed by atoms with E-state index in [9.17, 15) is 9.59 Å². The van der Waals surface area contributed by atoms with E-state index >= 15 is 0 Å². The minimum absolute atomic E-state index is 0.0104. The van der Waals surface area contributed by atoms with Crippen molar-refractivity contribution < 1.29 is 23.8 Å². The van der Waals surface area contributed by atoms with Gasteiger partial charge < -0.3 is 14.2 Å². The summed E-state index contributed by atoms with van der Waals surface area (Å²) < 4.78 is 18.1. The number of fused-ring (bicyclic) bond motifs is 3. The van der Waals surface area contributed by atoms with Gasteiger partial charge in [-0.15, -0.1) is 0 Å². The first-order valence-corrected chi connectivity index (χ1v) is 11.0. The van der Waals surface area contributed by atoms with Crippen LogP contribution >= 0.6 is 0 Å². The molecule has 1 spiro atoms. The largest absolute Gasteiger partial charge is 0.460 e. The van der Waals surface area contributed by atoms with E-state index in [1.165, 1.54) is 0 Å². The van der Waals surface area contributed by atoms with Crippen molar-refractivity contribution in [3.05, 3.63) is 11.6 Å². The Morgan fingerprint density at radius 1 is 1.18 bits per heavy atom. The number of nitrogens with zero attached hydrogens (tertiary/aromatic N) is 1. The van der Waals surface area contributed by atoms with Crippen LogP contribution in [0.4, 0.5) is 0 Å². The van der Waals surface area contributed by atoms with Gasteiger partial charge in [0.15, 0.2) is 0 Å². The smallest absolute Gasteiger partial charge is 0.336 e. The Hall–Kier alpha value is -1.40. The summed E-state index contributed by atoms with van der Waals surface area (Å²) in [6, 6.07) is 0.722. The topological polar surface area (TPSA) is 65.1 Å². The maximum absolute atomic E-state index is 12.2. The third-order valence-corrected chi connectivity index (χ3v) is 7.82. The zero-order chi connectivity index (χ0) is 19.6. The number of esters is 2. The van der Waals surface area contributed by atoms with Crippen molar-refractivity contribution in [2.45, 2.75) is 89.4 Å². The highest BCUT2D eigenvalue weighted by molar-refractivity contribution is 5.90. The highest BCUT2D eigenvalue weighted by Gasteiger charge is 2.62. The van der Waals surface area contributed by atoms with Crippen molar-refractivity contribution in [3.8, 4) is 0 Å². The molecular weight excluding hydrogens is 358 g/mol. The minimum Gasteiger partial charge on any atom is -0.460 e. The number of carbonyl (C=O) groups is 2. The van der Waals surface area contributed by atoms with Gasteiger partial charge in [0.25, 0.3) is 0 Å². The van der Waals surface area contributed by atoms with E-state index in [0.717, 1.165) is 45.1 Å². The number of ether oxygens (including phenoxy) is 3. The van der Waals surface area contributed by atoms with Crippen LogP contribution in [0.1, 0.15) is 59.3 Å². The highest BCUT2D eigenvalue weighted by Crippen LogP contribution is 2.54. The predicted molar refractivity (Wildman–Crippen MR) is 101 cm³/mol. The van der Waals surface area contributed by atoms with Gasteiger partial charge in [-0.25, -0.2) is 4.79 Å². The molecule has 4 unspecified atom stereocenters. The van der Waals surface area contributed by atoms with Crippen LogP contribution in [0.2, 0.25) is 0 Å². The van der Waals surface area contributed by atoms with Crippen LogP contribution in [0, 0.1) is 17.8 Å². The molecule has 6 nitrogen and oxygen atoms in total. The lowest BCUT2D eigenvalue weighted by Crippen LogP contribution is -2.48. The second-order valence-electron chi connectivity index (χ2n) is 9.39. The molecule has 5 aliphatic heterocycles. The van der Waals surface area contributed by atoms with Crippen molar-refractivity contribution in [3.63, 3.8) is 0 Å². The summed E-state index contributed by atoms with van der Waals surface area (Å²) in [4.78, 5) is 26.7. The third-order valence-electron chi connectivity index (χ3n) is 7.82. The molecule has 0 saturated carbocycles. The van der Waals surface area contributed by atoms with Crippen molar-refractivity contribution in [1.82, 2.24) is 4.90 Å². The molecule has 4 saturated heterocycles. The Morgan fingerprint density at radius 2 is 1.96 bits per heavy atom. The Balaban J connectivity index is 1.43. The van der Waals surface area contributed by atoms with Gasteiger partial charge in [0.1, 0.15) is 6.10 Å². The van der Waals surface area contributed by atoms with Gasteiger partial charge in [-0.2, -0.15) is 0 Å². The van der Waals surface area contributed by atoms with Gasteiger partial charge in [-0.05, 0) is 58.1 Å². The Kier molecular flexibility index (Phi) is 4.36. The van der Waals surface area contributed by atoms with E-state index in [1.807, 2.05) is 19.9 Å². The minimum atomic E-state index is -0.874. The summed E-state index contributed by atoms with van der Waals surface area (Å²) in [5, 5.41) is 0. The monoisotopic (exact) mass is 389 g/mol. The Morgan fingerprint density at radius 3 is 2.61 bits per heavy atom. The van der Waals surface area contributed by atoms with E-state index in [4.69, 9.17) is 14.2 Å². The van der Waals surface area contributed by atoms with Gasteiger partial charge in [0, 0.05) is 29.5 Å². The molecule has 5 aliphatic rings. The normalized spacial score (nSPS) is 48.2. The first kappa shape index (κ1) is 18.6. The van der Waals surface area contributed by atoms with Crippen molar-refractivity contribution in [1.29, 1.82) is 0 Å². The van der Waals surface area contributed by atoms with Crippen LogP contribution in [0.15, 0.2) is 11.6 Å². The number of rotatable bonds is 2. The molecule has 28 heavy (non-hydrogen) atoms. The molecule has 0 N–H and O–H groups in total. The molecule has 0 aromatic rings. The van der Waals surface area contributed by atoms with E-state index in [0.29, 0.717) is 23.6 Å². The van der Waals surface area contributed by atoms with Crippen LogP contribution < -0.4 is 0 Å². The summed E-state index contributed by atoms with van der Waals surface area (Å²) in [5.41, 5.74) is 0.655. The molecule has 0 radical (unpaired) electrons. The van der Waals surface area contributed by atoms with E-state index < -0.39 is 5.79 Å². The molecule has 5 heterocycles. The van der Waals surface area contributed by atoms with Crippen LogP contribution in [-0.2, 0) is 23.8 Å². The summed E-state index contributed by atoms with van der Waals surface area (Å²) in [7, 11) is 0. The molecule has 154 valence electrons. The van der Waals surface area contributed by atoms with Crippen molar-refractivity contribution in [2.75, 3.05) is 6.54 Å². The summed E-state index contributed by atoms with van der Waals surface area (Å²) in [6.07, 6.45) is 8.04. The van der Waals surface area contributed by atoms with Gasteiger partial charge in [0.05, 0.1) is 12.0 Å². The molecule has 6 heteroatoms. The summed E-state index contributed by atoms with van der Waals surface area (Å²) in [6.45, 7) is 6.99. The fraction of sp³-hybridized carbons (Fsp3) is 0.818. The van der Waals surface area contributed by atoms with Crippen molar-refractivity contribution in [2.24, 2.45) is 17.8 Å². The predicted octanol–water partition coefficient (Wildman–Crippen LogP) is 2.81. The SMILES string of the molecule is CCC1[C@@H]2C3CC[C@@H](C4C[C@H](C)C(=O)O4)N3CCC[C@H]2OC12C=C(C)C(=O)O2. The molecule has 0 aromatic heterocycles. The molecular formula is C22H31NO5. The molecule has 0 aliphatic carbocycles. The lowest BCUT2D eigenvalue weighted by Gasteiger charge is -2.37. The summed E-state index contributed by atoms with van der Waals surface area (Å²) >= 11 is 0. The molecule has 5 rings (SSSR count). The van der Waals surface area contributed by atoms with Crippen LogP contribution in [0.25, 0.3) is 0 Å². The molecule has 8 atom stereocenters. The maximum atomic E-state index is 12.2. The van der Waals surface area contributed by atoms with E-state index in [1.54, 1.807) is 0 Å². The molecule has 0 amide bonds. The average molecular weight is 389 g/mol. The van der Waals surface area contributed by atoms with Crippen LogP contribution in [-0.4, -0.2) is 53.5 Å². The lowest BCUT2D eigenvalue weighted by atomic mass is 9.77. The Labute approximate surface area is 166 Å². The molecule has 4 fully saturated rings.